The van der Waals surface area contributed by atoms with Gasteiger partial charge in [-0.05, 0) is 23.6 Å². The van der Waals surface area contributed by atoms with E-state index in [1.807, 2.05) is 17.5 Å². The molecule has 0 fully saturated rings. The third-order valence-electron chi connectivity index (χ3n) is 4.05. The van der Waals surface area contributed by atoms with Crippen LogP contribution in [0.15, 0.2) is 46.3 Å². The average molecular weight is 420 g/mol. The van der Waals surface area contributed by atoms with Crippen molar-refractivity contribution in [2.24, 2.45) is 0 Å². The number of fused-ring (bicyclic) bond motifs is 1. The minimum absolute atomic E-state index is 0.0115. The minimum atomic E-state index is -3.56. The summed E-state index contributed by atoms with van der Waals surface area (Å²) in [6.45, 7) is -0.108. The van der Waals surface area contributed by atoms with Crippen molar-refractivity contribution < 1.29 is 22.5 Å². The predicted octanol–water partition coefficient (Wildman–Crippen LogP) is 1.64. The summed E-state index contributed by atoms with van der Waals surface area (Å²) in [5.74, 6) is 0.550. The standard InChI is InChI=1S/C17H16N4O5S2/c1-28(23,24)21-10-13(25-12-6-3-2-5-11(12)21)17(22)18-9-15-19-16(20-26-15)14-7-4-8-27-14/h2-8,13H,9-10H2,1H3,(H,18,22). The maximum absolute atomic E-state index is 12.5. The average Bonchev–Trinajstić information content (AvgIpc) is 3.36. The number of hydrogen-bond donors (Lipinski definition) is 1. The molecule has 4 rings (SSSR count). The highest BCUT2D eigenvalue weighted by Gasteiger charge is 2.34. The lowest BCUT2D eigenvalue weighted by Gasteiger charge is -2.33. The normalized spacial score (nSPS) is 16.3. The van der Waals surface area contributed by atoms with Crippen molar-refractivity contribution in [1.82, 2.24) is 15.5 Å². The molecule has 0 saturated heterocycles. The van der Waals surface area contributed by atoms with Gasteiger partial charge in [0.15, 0.2) is 6.10 Å². The van der Waals surface area contributed by atoms with Crippen LogP contribution in [0.5, 0.6) is 5.75 Å². The molecule has 1 N–H and O–H groups in total. The zero-order valence-electron chi connectivity index (χ0n) is 14.7. The molecule has 11 heteroatoms. The topological polar surface area (TPSA) is 115 Å². The number of amides is 1. The Bertz CT molecular complexity index is 1090. The number of hydrogen-bond acceptors (Lipinski definition) is 8. The number of rotatable bonds is 5. The monoisotopic (exact) mass is 420 g/mol. The number of para-hydroxylation sites is 2. The van der Waals surface area contributed by atoms with Crippen LogP contribution in [0.2, 0.25) is 0 Å². The highest BCUT2D eigenvalue weighted by molar-refractivity contribution is 7.92. The summed E-state index contributed by atoms with van der Waals surface area (Å²) < 4.78 is 36.2. The molecular formula is C17H16N4O5S2. The Morgan fingerprint density at radius 1 is 1.32 bits per heavy atom. The van der Waals surface area contributed by atoms with Crippen LogP contribution in [-0.2, 0) is 21.4 Å². The number of ether oxygens (including phenoxy) is 1. The molecule has 28 heavy (non-hydrogen) atoms. The predicted molar refractivity (Wildman–Crippen MR) is 103 cm³/mol. The van der Waals surface area contributed by atoms with E-state index in [1.165, 1.54) is 11.3 Å². The number of carbonyl (C=O) groups excluding carboxylic acids is 1. The van der Waals surface area contributed by atoms with Crippen molar-refractivity contribution in [1.29, 1.82) is 0 Å². The minimum Gasteiger partial charge on any atom is -0.476 e. The maximum atomic E-state index is 12.5. The molecule has 146 valence electrons. The van der Waals surface area contributed by atoms with Gasteiger partial charge >= 0.3 is 0 Å². The van der Waals surface area contributed by atoms with Crippen molar-refractivity contribution in [2.45, 2.75) is 12.6 Å². The Morgan fingerprint density at radius 2 is 2.14 bits per heavy atom. The molecule has 0 bridgehead atoms. The van der Waals surface area contributed by atoms with E-state index in [4.69, 9.17) is 9.26 Å². The smallest absolute Gasteiger partial charge is 0.263 e. The summed E-state index contributed by atoms with van der Waals surface area (Å²) >= 11 is 1.48. The maximum Gasteiger partial charge on any atom is 0.263 e. The molecule has 1 atom stereocenters. The van der Waals surface area contributed by atoms with Crippen molar-refractivity contribution in [3.8, 4) is 16.5 Å². The third kappa shape index (κ3) is 3.71. The fourth-order valence-corrected chi connectivity index (χ4v) is 4.33. The van der Waals surface area contributed by atoms with Gasteiger partial charge in [-0.3, -0.25) is 9.10 Å². The number of thiophene rings is 1. The first-order valence-corrected chi connectivity index (χ1v) is 11.0. The Kier molecular flexibility index (Phi) is 4.77. The molecule has 0 saturated carbocycles. The molecule has 1 unspecified atom stereocenters. The van der Waals surface area contributed by atoms with Crippen molar-refractivity contribution in [3.05, 3.63) is 47.7 Å². The van der Waals surface area contributed by atoms with E-state index in [0.29, 0.717) is 17.3 Å². The quantitative estimate of drug-likeness (QED) is 0.667. The van der Waals surface area contributed by atoms with Gasteiger partial charge in [0.2, 0.25) is 21.7 Å². The van der Waals surface area contributed by atoms with E-state index < -0.39 is 22.0 Å². The van der Waals surface area contributed by atoms with Crippen LogP contribution in [0.3, 0.4) is 0 Å². The second-order valence-electron chi connectivity index (χ2n) is 6.08. The van der Waals surface area contributed by atoms with Crippen LogP contribution < -0.4 is 14.4 Å². The molecule has 0 radical (unpaired) electrons. The van der Waals surface area contributed by atoms with E-state index in [0.717, 1.165) is 15.4 Å². The van der Waals surface area contributed by atoms with Gasteiger partial charge in [0.1, 0.15) is 5.75 Å². The van der Waals surface area contributed by atoms with Gasteiger partial charge in [-0.2, -0.15) is 4.98 Å². The summed E-state index contributed by atoms with van der Waals surface area (Å²) in [4.78, 5) is 17.6. The van der Waals surface area contributed by atoms with Crippen LogP contribution in [0.1, 0.15) is 5.89 Å². The Hall–Kier alpha value is -2.92. The van der Waals surface area contributed by atoms with E-state index >= 15 is 0 Å². The largest absolute Gasteiger partial charge is 0.476 e. The molecule has 0 spiro atoms. The molecule has 1 aliphatic rings. The van der Waals surface area contributed by atoms with Crippen molar-refractivity contribution >= 4 is 33.0 Å². The van der Waals surface area contributed by atoms with Gasteiger partial charge in [0.05, 0.1) is 29.9 Å². The molecule has 3 heterocycles. The van der Waals surface area contributed by atoms with E-state index in [-0.39, 0.29) is 19.0 Å². The SMILES string of the molecule is CS(=O)(=O)N1CC(C(=O)NCc2nc(-c3cccs3)no2)Oc2ccccc21. The molecule has 1 amide bonds. The number of anilines is 1. The second kappa shape index (κ2) is 7.24. The van der Waals surface area contributed by atoms with E-state index in [1.54, 1.807) is 24.3 Å². The highest BCUT2D eigenvalue weighted by Crippen LogP contribution is 2.34. The lowest BCUT2D eigenvalue weighted by molar-refractivity contribution is -0.128. The van der Waals surface area contributed by atoms with Gasteiger partial charge in [-0.1, -0.05) is 23.4 Å². The molecular weight excluding hydrogens is 404 g/mol. The first-order valence-electron chi connectivity index (χ1n) is 8.29. The third-order valence-corrected chi connectivity index (χ3v) is 6.06. The fraction of sp³-hybridized carbons (Fsp3) is 0.235. The molecule has 1 aliphatic heterocycles. The molecule has 2 aromatic heterocycles. The van der Waals surface area contributed by atoms with Crippen LogP contribution in [0.25, 0.3) is 10.7 Å². The van der Waals surface area contributed by atoms with Crippen LogP contribution in [-0.4, -0.2) is 43.4 Å². The van der Waals surface area contributed by atoms with Gasteiger partial charge in [-0.15, -0.1) is 11.3 Å². The summed E-state index contributed by atoms with van der Waals surface area (Å²) in [5.41, 5.74) is 0.409. The summed E-state index contributed by atoms with van der Waals surface area (Å²) in [6.07, 6.45) is 0.0959. The zero-order valence-corrected chi connectivity index (χ0v) is 16.4. The summed E-state index contributed by atoms with van der Waals surface area (Å²) in [7, 11) is -3.56. The Balaban J connectivity index is 1.45. The van der Waals surface area contributed by atoms with Gasteiger partial charge in [-0.25, -0.2) is 8.42 Å². The first kappa shape index (κ1) is 18.4. The zero-order chi connectivity index (χ0) is 19.7. The van der Waals surface area contributed by atoms with Gasteiger partial charge in [0, 0.05) is 0 Å². The number of carbonyl (C=O) groups is 1. The van der Waals surface area contributed by atoms with E-state index in [2.05, 4.69) is 15.5 Å². The number of nitrogens with zero attached hydrogens (tertiary/aromatic N) is 3. The highest BCUT2D eigenvalue weighted by atomic mass is 32.2. The Labute approximate surface area is 165 Å². The first-order chi connectivity index (χ1) is 13.4. The second-order valence-corrected chi connectivity index (χ2v) is 8.93. The molecule has 1 aromatic carbocycles. The van der Waals surface area contributed by atoms with Crippen molar-refractivity contribution in [3.63, 3.8) is 0 Å². The molecule has 0 aliphatic carbocycles. The molecule has 9 nitrogen and oxygen atoms in total. The van der Waals surface area contributed by atoms with Crippen molar-refractivity contribution in [2.75, 3.05) is 17.1 Å². The summed E-state index contributed by atoms with van der Waals surface area (Å²) in [5, 5.41) is 8.43. The van der Waals surface area contributed by atoms with E-state index in [9.17, 15) is 13.2 Å². The van der Waals surface area contributed by atoms with Gasteiger partial charge < -0.3 is 14.6 Å². The number of benzene rings is 1. The van der Waals surface area contributed by atoms with Crippen LogP contribution >= 0.6 is 11.3 Å². The Morgan fingerprint density at radius 3 is 2.89 bits per heavy atom. The lowest BCUT2D eigenvalue weighted by Crippen LogP contribution is -2.50. The number of aromatic nitrogens is 2. The van der Waals surface area contributed by atoms with Gasteiger partial charge in [0.25, 0.3) is 5.91 Å². The lowest BCUT2D eigenvalue weighted by atomic mass is 10.2. The van der Waals surface area contributed by atoms with Crippen LogP contribution in [0.4, 0.5) is 5.69 Å². The summed E-state index contributed by atoms with van der Waals surface area (Å²) in [6, 6.07) is 10.4. The number of sulfonamides is 1. The number of nitrogens with one attached hydrogen (secondary N) is 1. The van der Waals surface area contributed by atoms with Crippen LogP contribution in [0, 0.1) is 0 Å². The fourth-order valence-electron chi connectivity index (χ4n) is 2.76. The molecule has 3 aromatic rings.